The molecule has 0 radical (unpaired) electrons. The molecule has 0 amide bonds. The number of nitrogens with one attached hydrogen (secondary N) is 1. The van der Waals surface area contributed by atoms with Gasteiger partial charge in [-0.25, -0.2) is 0 Å². The van der Waals surface area contributed by atoms with E-state index in [1.165, 1.54) is 31.2 Å². The summed E-state index contributed by atoms with van der Waals surface area (Å²) in [5.41, 5.74) is 1.26. The highest BCUT2D eigenvalue weighted by Crippen LogP contribution is 2.39. The van der Waals surface area contributed by atoms with Crippen molar-refractivity contribution in [3.05, 3.63) is 29.8 Å². The second-order valence-electron chi connectivity index (χ2n) is 6.70. The van der Waals surface area contributed by atoms with Crippen LogP contribution in [-0.2, 0) is 0 Å². The summed E-state index contributed by atoms with van der Waals surface area (Å²) in [6.45, 7) is 5.51. The first kappa shape index (κ1) is 13.0. The van der Waals surface area contributed by atoms with E-state index in [2.05, 4.69) is 43.4 Å². The maximum Gasteiger partial charge on any atom is 0.124 e. The SMILES string of the molecule is CC1(C)CC(NCCC2CCC2)c2ccccc2O1. The number of hydrogen-bond acceptors (Lipinski definition) is 2. The van der Waals surface area contributed by atoms with E-state index >= 15 is 0 Å². The average Bonchev–Trinajstić information content (AvgIpc) is 2.30. The van der Waals surface area contributed by atoms with Crippen LogP contribution in [0.1, 0.15) is 57.6 Å². The highest BCUT2D eigenvalue weighted by Gasteiger charge is 2.33. The Morgan fingerprint density at radius 3 is 2.79 bits per heavy atom. The van der Waals surface area contributed by atoms with Crippen LogP contribution in [0, 0.1) is 5.92 Å². The van der Waals surface area contributed by atoms with E-state index in [4.69, 9.17) is 4.74 Å². The Bertz CT molecular complexity index is 437. The van der Waals surface area contributed by atoms with Crippen molar-refractivity contribution in [2.24, 2.45) is 5.92 Å². The topological polar surface area (TPSA) is 21.3 Å². The number of rotatable bonds is 4. The third kappa shape index (κ3) is 2.94. The fraction of sp³-hybridized carbons (Fsp3) is 0.647. The third-order valence-corrected chi connectivity index (χ3v) is 4.54. The lowest BCUT2D eigenvalue weighted by molar-refractivity contribution is 0.0655. The Morgan fingerprint density at radius 1 is 1.26 bits per heavy atom. The van der Waals surface area contributed by atoms with Crippen LogP contribution in [0.5, 0.6) is 5.75 Å². The van der Waals surface area contributed by atoms with Crippen molar-refractivity contribution in [3.8, 4) is 5.75 Å². The molecule has 3 rings (SSSR count). The molecular weight excluding hydrogens is 234 g/mol. The number of fused-ring (bicyclic) bond motifs is 1. The second-order valence-corrected chi connectivity index (χ2v) is 6.70. The van der Waals surface area contributed by atoms with Gasteiger partial charge >= 0.3 is 0 Å². The van der Waals surface area contributed by atoms with Crippen LogP contribution >= 0.6 is 0 Å². The normalized spacial score (nSPS) is 25.3. The largest absolute Gasteiger partial charge is 0.487 e. The lowest BCUT2D eigenvalue weighted by atomic mass is 9.83. The van der Waals surface area contributed by atoms with E-state index in [1.807, 2.05) is 0 Å². The Kier molecular flexibility index (Phi) is 3.53. The van der Waals surface area contributed by atoms with Gasteiger partial charge in [-0.1, -0.05) is 37.5 Å². The second kappa shape index (κ2) is 5.16. The van der Waals surface area contributed by atoms with Gasteiger partial charge in [0.25, 0.3) is 0 Å². The maximum absolute atomic E-state index is 6.07. The molecule has 1 aromatic carbocycles. The molecule has 1 saturated carbocycles. The number of ether oxygens (including phenoxy) is 1. The highest BCUT2D eigenvalue weighted by molar-refractivity contribution is 5.38. The first-order valence-corrected chi connectivity index (χ1v) is 7.65. The van der Waals surface area contributed by atoms with E-state index in [0.717, 1.165) is 24.6 Å². The van der Waals surface area contributed by atoms with E-state index < -0.39 is 0 Å². The predicted octanol–water partition coefficient (Wildman–Crippen LogP) is 4.07. The molecule has 1 heterocycles. The Morgan fingerprint density at radius 2 is 2.05 bits per heavy atom. The van der Waals surface area contributed by atoms with Crippen molar-refractivity contribution >= 4 is 0 Å². The Hall–Kier alpha value is -1.02. The van der Waals surface area contributed by atoms with Gasteiger partial charge in [-0.2, -0.15) is 0 Å². The Balaban J connectivity index is 1.65. The monoisotopic (exact) mass is 259 g/mol. The first-order chi connectivity index (χ1) is 9.14. The fourth-order valence-corrected chi connectivity index (χ4v) is 3.23. The van der Waals surface area contributed by atoms with Gasteiger partial charge in [0.1, 0.15) is 11.4 Å². The van der Waals surface area contributed by atoms with E-state index in [9.17, 15) is 0 Å². The average molecular weight is 259 g/mol. The summed E-state index contributed by atoms with van der Waals surface area (Å²) in [7, 11) is 0. The smallest absolute Gasteiger partial charge is 0.124 e. The third-order valence-electron chi connectivity index (χ3n) is 4.54. The van der Waals surface area contributed by atoms with Crippen LogP contribution in [0.4, 0.5) is 0 Å². The molecule has 1 aliphatic carbocycles. The highest BCUT2D eigenvalue weighted by atomic mass is 16.5. The minimum atomic E-state index is -0.0670. The van der Waals surface area contributed by atoms with E-state index in [1.54, 1.807) is 0 Å². The number of hydrogen-bond donors (Lipinski definition) is 1. The molecule has 104 valence electrons. The summed E-state index contributed by atoms with van der Waals surface area (Å²) >= 11 is 0. The molecule has 0 aromatic heterocycles. The summed E-state index contributed by atoms with van der Waals surface area (Å²) in [5.74, 6) is 2.04. The Labute approximate surface area is 116 Å². The minimum absolute atomic E-state index is 0.0670. The van der Waals surface area contributed by atoms with Crippen molar-refractivity contribution in [3.63, 3.8) is 0 Å². The van der Waals surface area contributed by atoms with Gasteiger partial charge in [0.2, 0.25) is 0 Å². The van der Waals surface area contributed by atoms with Gasteiger partial charge in [-0.15, -0.1) is 0 Å². The molecule has 1 fully saturated rings. The molecule has 2 heteroatoms. The predicted molar refractivity (Wildman–Crippen MR) is 78.5 cm³/mol. The van der Waals surface area contributed by atoms with Crippen molar-refractivity contribution in [1.29, 1.82) is 0 Å². The maximum atomic E-state index is 6.07. The van der Waals surface area contributed by atoms with Gasteiger partial charge in [-0.05, 0) is 38.8 Å². The molecule has 1 aromatic rings. The van der Waals surface area contributed by atoms with Crippen LogP contribution < -0.4 is 10.1 Å². The quantitative estimate of drug-likeness (QED) is 0.880. The summed E-state index contributed by atoms with van der Waals surface area (Å²) < 4.78 is 6.07. The van der Waals surface area contributed by atoms with Crippen molar-refractivity contribution in [2.45, 2.75) is 57.6 Å². The lowest BCUT2D eigenvalue weighted by Gasteiger charge is -2.38. The molecule has 1 unspecified atom stereocenters. The van der Waals surface area contributed by atoms with Crippen LogP contribution in [-0.4, -0.2) is 12.1 Å². The zero-order chi connectivity index (χ0) is 13.3. The summed E-state index contributed by atoms with van der Waals surface area (Å²) in [6.07, 6.45) is 6.71. The summed E-state index contributed by atoms with van der Waals surface area (Å²) in [6, 6.07) is 8.91. The molecule has 0 bridgehead atoms. The van der Waals surface area contributed by atoms with E-state index in [0.29, 0.717) is 6.04 Å². The lowest BCUT2D eigenvalue weighted by Crippen LogP contribution is -2.40. The van der Waals surface area contributed by atoms with Crippen molar-refractivity contribution in [2.75, 3.05) is 6.54 Å². The number of benzene rings is 1. The van der Waals surface area contributed by atoms with Crippen LogP contribution in [0.25, 0.3) is 0 Å². The van der Waals surface area contributed by atoms with Gasteiger partial charge in [0.15, 0.2) is 0 Å². The summed E-state index contributed by atoms with van der Waals surface area (Å²) in [5, 5.41) is 3.75. The molecule has 1 N–H and O–H groups in total. The van der Waals surface area contributed by atoms with Crippen molar-refractivity contribution < 1.29 is 4.74 Å². The van der Waals surface area contributed by atoms with Gasteiger partial charge in [0.05, 0.1) is 0 Å². The zero-order valence-corrected chi connectivity index (χ0v) is 12.1. The molecule has 19 heavy (non-hydrogen) atoms. The van der Waals surface area contributed by atoms with Gasteiger partial charge < -0.3 is 10.1 Å². The number of para-hydroxylation sites is 1. The molecule has 0 saturated heterocycles. The molecule has 1 atom stereocenters. The first-order valence-electron chi connectivity index (χ1n) is 7.65. The van der Waals surface area contributed by atoms with Gasteiger partial charge in [-0.3, -0.25) is 0 Å². The fourth-order valence-electron chi connectivity index (χ4n) is 3.23. The van der Waals surface area contributed by atoms with Crippen molar-refractivity contribution in [1.82, 2.24) is 5.32 Å². The van der Waals surface area contributed by atoms with Crippen LogP contribution in [0.2, 0.25) is 0 Å². The molecule has 2 aliphatic rings. The van der Waals surface area contributed by atoms with Gasteiger partial charge in [0, 0.05) is 18.0 Å². The van der Waals surface area contributed by atoms with Crippen LogP contribution in [0.3, 0.4) is 0 Å². The zero-order valence-electron chi connectivity index (χ0n) is 12.1. The van der Waals surface area contributed by atoms with E-state index in [-0.39, 0.29) is 5.60 Å². The summed E-state index contributed by atoms with van der Waals surface area (Å²) in [4.78, 5) is 0. The molecule has 0 spiro atoms. The van der Waals surface area contributed by atoms with Crippen LogP contribution in [0.15, 0.2) is 24.3 Å². The molecule has 1 aliphatic heterocycles. The minimum Gasteiger partial charge on any atom is -0.487 e. The molecular formula is C17H25NO. The molecule has 2 nitrogen and oxygen atoms in total. The standard InChI is InChI=1S/C17H25NO/c1-17(2)12-15(18-11-10-13-6-5-7-13)14-8-3-4-9-16(14)19-17/h3-4,8-9,13,15,18H,5-7,10-12H2,1-2H3.